The van der Waals surface area contributed by atoms with Gasteiger partial charge in [-0.1, -0.05) is 13.3 Å². The van der Waals surface area contributed by atoms with Gasteiger partial charge in [0.25, 0.3) is 0 Å². The number of hydrogen-bond acceptors (Lipinski definition) is 4. The number of amides is 1. The largest absolute Gasteiger partial charge is 0.387 e. The highest BCUT2D eigenvalue weighted by atomic mass is 16.5. The van der Waals surface area contributed by atoms with E-state index in [0.29, 0.717) is 12.5 Å². The van der Waals surface area contributed by atoms with Crippen LogP contribution >= 0.6 is 0 Å². The molecule has 2 aliphatic heterocycles. The van der Waals surface area contributed by atoms with E-state index >= 15 is 0 Å². The molecule has 3 aliphatic rings. The molecule has 3 rings (SSSR count). The summed E-state index contributed by atoms with van der Waals surface area (Å²) in [5.74, 6) is 1.04. The molecule has 0 unspecified atom stereocenters. The van der Waals surface area contributed by atoms with Crippen LogP contribution in [-0.4, -0.2) is 72.9 Å². The van der Waals surface area contributed by atoms with E-state index in [0.717, 1.165) is 58.5 Å². The van der Waals surface area contributed by atoms with Gasteiger partial charge in [0.05, 0.1) is 12.2 Å². The first-order chi connectivity index (χ1) is 11.0. The highest BCUT2D eigenvalue weighted by Gasteiger charge is 2.51. The maximum absolute atomic E-state index is 12.9. The lowest BCUT2D eigenvalue weighted by Crippen LogP contribution is -2.49. The molecule has 0 aromatic carbocycles. The second-order valence-electron chi connectivity index (χ2n) is 7.85. The number of β-amino-alcohol motifs (C(OH)–C–C–N with tert-alkyl or cyclic N) is 1. The van der Waals surface area contributed by atoms with Gasteiger partial charge in [-0.15, -0.1) is 0 Å². The topological polar surface area (TPSA) is 53.0 Å². The van der Waals surface area contributed by atoms with Crippen LogP contribution in [0.3, 0.4) is 0 Å². The smallest absolute Gasteiger partial charge is 0.225 e. The zero-order chi connectivity index (χ0) is 16.4. The first-order valence-electron chi connectivity index (χ1n) is 9.27. The standard InChI is InChI=1S/C18H32N2O3/c1-14-12-20(13-18(14,22)16-4-3-5-16)17(21)15-6-8-19(9-7-15)10-11-23-2/h14-16,22H,3-13H2,1-2H3/t14-,18+/m1/s1. The van der Waals surface area contributed by atoms with Gasteiger partial charge in [-0.2, -0.15) is 0 Å². The zero-order valence-electron chi connectivity index (χ0n) is 14.7. The second-order valence-corrected chi connectivity index (χ2v) is 7.85. The Labute approximate surface area is 140 Å². The van der Waals surface area contributed by atoms with Gasteiger partial charge in [0.2, 0.25) is 5.91 Å². The number of likely N-dealkylation sites (tertiary alicyclic amines) is 2. The number of rotatable bonds is 5. The molecule has 0 radical (unpaired) electrons. The minimum absolute atomic E-state index is 0.143. The van der Waals surface area contributed by atoms with Crippen molar-refractivity contribution in [2.75, 3.05) is 46.4 Å². The average molecular weight is 324 g/mol. The van der Waals surface area contributed by atoms with Crippen LogP contribution in [0.5, 0.6) is 0 Å². The summed E-state index contributed by atoms with van der Waals surface area (Å²) in [6.07, 6.45) is 5.36. The molecule has 0 spiro atoms. The lowest BCUT2D eigenvalue weighted by molar-refractivity contribution is -0.138. The summed E-state index contributed by atoms with van der Waals surface area (Å²) in [5, 5.41) is 11.0. The fourth-order valence-electron chi connectivity index (χ4n) is 4.50. The predicted octanol–water partition coefficient (Wildman–Crippen LogP) is 1.35. The van der Waals surface area contributed by atoms with Gasteiger partial charge in [0.15, 0.2) is 0 Å². The van der Waals surface area contributed by atoms with Gasteiger partial charge in [-0.25, -0.2) is 0 Å². The third-order valence-corrected chi connectivity index (χ3v) is 6.46. The Hall–Kier alpha value is -0.650. The molecule has 1 aliphatic carbocycles. The number of carbonyl (C=O) groups is 1. The molecule has 0 bridgehead atoms. The molecule has 1 saturated carbocycles. The van der Waals surface area contributed by atoms with Gasteiger partial charge in [0.1, 0.15) is 0 Å². The molecular weight excluding hydrogens is 292 g/mol. The van der Waals surface area contributed by atoms with E-state index in [1.807, 2.05) is 4.90 Å². The SMILES string of the molecule is COCCN1CCC(C(=O)N2C[C@@H](C)[C@](O)(C3CCC3)C2)CC1. The van der Waals surface area contributed by atoms with Crippen molar-refractivity contribution in [3.8, 4) is 0 Å². The van der Waals surface area contributed by atoms with Crippen molar-refractivity contribution < 1.29 is 14.6 Å². The summed E-state index contributed by atoms with van der Waals surface area (Å²) in [6, 6.07) is 0. The van der Waals surface area contributed by atoms with Crippen molar-refractivity contribution >= 4 is 5.91 Å². The van der Waals surface area contributed by atoms with E-state index in [1.54, 1.807) is 7.11 Å². The molecule has 0 aromatic heterocycles. The van der Waals surface area contributed by atoms with E-state index in [1.165, 1.54) is 6.42 Å². The minimum atomic E-state index is -0.632. The number of piperidine rings is 1. The van der Waals surface area contributed by atoms with Crippen molar-refractivity contribution in [3.63, 3.8) is 0 Å². The van der Waals surface area contributed by atoms with E-state index in [9.17, 15) is 9.90 Å². The highest BCUT2D eigenvalue weighted by molar-refractivity contribution is 5.79. The van der Waals surface area contributed by atoms with Crippen molar-refractivity contribution in [3.05, 3.63) is 0 Å². The van der Waals surface area contributed by atoms with Crippen LogP contribution in [0, 0.1) is 17.8 Å². The summed E-state index contributed by atoms with van der Waals surface area (Å²) in [4.78, 5) is 17.2. The van der Waals surface area contributed by atoms with Crippen molar-refractivity contribution in [2.24, 2.45) is 17.8 Å². The number of ether oxygens (including phenoxy) is 1. The van der Waals surface area contributed by atoms with Gasteiger partial charge in [0, 0.05) is 38.6 Å². The summed E-state index contributed by atoms with van der Waals surface area (Å²) in [5.41, 5.74) is -0.632. The maximum Gasteiger partial charge on any atom is 0.225 e. The maximum atomic E-state index is 12.9. The van der Waals surface area contributed by atoms with Crippen LogP contribution in [0.25, 0.3) is 0 Å². The van der Waals surface area contributed by atoms with Crippen LogP contribution in [0.2, 0.25) is 0 Å². The minimum Gasteiger partial charge on any atom is -0.387 e. The molecule has 0 aromatic rings. The molecule has 23 heavy (non-hydrogen) atoms. The van der Waals surface area contributed by atoms with Crippen LogP contribution in [0.1, 0.15) is 39.0 Å². The van der Waals surface area contributed by atoms with Gasteiger partial charge >= 0.3 is 0 Å². The zero-order valence-corrected chi connectivity index (χ0v) is 14.7. The number of carbonyl (C=O) groups excluding carboxylic acids is 1. The van der Waals surface area contributed by atoms with Crippen molar-refractivity contribution in [2.45, 2.75) is 44.6 Å². The molecule has 2 saturated heterocycles. The first kappa shape index (κ1) is 17.2. The van der Waals surface area contributed by atoms with Crippen LogP contribution in [0.4, 0.5) is 0 Å². The molecule has 3 fully saturated rings. The van der Waals surface area contributed by atoms with Crippen molar-refractivity contribution in [1.82, 2.24) is 9.80 Å². The molecule has 5 nitrogen and oxygen atoms in total. The van der Waals surface area contributed by atoms with Crippen molar-refractivity contribution in [1.29, 1.82) is 0 Å². The Morgan fingerprint density at radius 3 is 2.52 bits per heavy atom. The van der Waals surface area contributed by atoms with E-state index in [2.05, 4.69) is 11.8 Å². The van der Waals surface area contributed by atoms with E-state index < -0.39 is 5.60 Å². The Kier molecular flexibility index (Phi) is 5.29. The molecule has 2 atom stereocenters. The predicted molar refractivity (Wildman–Crippen MR) is 89.1 cm³/mol. The third kappa shape index (κ3) is 3.42. The Bertz CT molecular complexity index is 418. The fourth-order valence-corrected chi connectivity index (χ4v) is 4.50. The second kappa shape index (κ2) is 7.08. The monoisotopic (exact) mass is 324 g/mol. The van der Waals surface area contributed by atoms with Crippen LogP contribution in [0.15, 0.2) is 0 Å². The van der Waals surface area contributed by atoms with E-state index in [-0.39, 0.29) is 17.7 Å². The summed E-state index contributed by atoms with van der Waals surface area (Å²) in [7, 11) is 1.73. The normalized spacial score (nSPS) is 33.9. The molecule has 1 N–H and O–H groups in total. The Morgan fingerprint density at radius 1 is 1.26 bits per heavy atom. The first-order valence-corrected chi connectivity index (χ1v) is 9.27. The highest BCUT2D eigenvalue weighted by Crippen LogP contribution is 2.44. The molecule has 2 heterocycles. The fraction of sp³-hybridized carbons (Fsp3) is 0.944. The molecule has 132 valence electrons. The Morgan fingerprint density at radius 2 is 1.96 bits per heavy atom. The molecular formula is C18H32N2O3. The van der Waals surface area contributed by atoms with Gasteiger partial charge in [-0.3, -0.25) is 4.79 Å². The average Bonchev–Trinajstić information content (AvgIpc) is 2.79. The van der Waals surface area contributed by atoms with Crippen LogP contribution < -0.4 is 0 Å². The number of methoxy groups -OCH3 is 1. The third-order valence-electron chi connectivity index (χ3n) is 6.46. The van der Waals surface area contributed by atoms with Crippen LogP contribution in [-0.2, 0) is 9.53 Å². The number of aliphatic hydroxyl groups is 1. The summed E-state index contributed by atoms with van der Waals surface area (Å²) >= 11 is 0. The van der Waals surface area contributed by atoms with Gasteiger partial charge in [-0.05, 0) is 44.7 Å². The summed E-state index contributed by atoms with van der Waals surface area (Å²) in [6.45, 7) is 7.08. The molecule has 1 amide bonds. The lowest BCUT2D eigenvalue weighted by Gasteiger charge is -2.41. The quantitative estimate of drug-likeness (QED) is 0.829. The lowest BCUT2D eigenvalue weighted by atomic mass is 9.69. The Balaban J connectivity index is 1.51. The molecule has 5 heteroatoms. The van der Waals surface area contributed by atoms with E-state index in [4.69, 9.17) is 4.74 Å². The van der Waals surface area contributed by atoms with Gasteiger partial charge < -0.3 is 19.6 Å². The summed E-state index contributed by atoms with van der Waals surface area (Å²) < 4.78 is 5.13. The number of nitrogens with zero attached hydrogens (tertiary/aromatic N) is 2. The number of hydrogen-bond donors (Lipinski definition) is 1.